The lowest BCUT2D eigenvalue weighted by molar-refractivity contribution is 0.389. The molecule has 2 heterocycles. The number of benzene rings is 1. The number of piperidine rings is 1. The van der Waals surface area contributed by atoms with E-state index < -0.39 is 9.84 Å². The Morgan fingerprint density at radius 3 is 2.55 bits per heavy atom. The van der Waals surface area contributed by atoms with Crippen LogP contribution in [0.5, 0.6) is 5.75 Å². The van der Waals surface area contributed by atoms with Crippen LogP contribution in [0.4, 0.5) is 5.95 Å². The monoisotopic (exact) mass is 416 g/mol. The summed E-state index contributed by atoms with van der Waals surface area (Å²) in [7, 11) is -2.17. The molecule has 1 aromatic carbocycles. The molecule has 0 saturated carbocycles. The van der Waals surface area contributed by atoms with Gasteiger partial charge in [-0.3, -0.25) is 0 Å². The molecule has 8 heteroatoms. The fourth-order valence-corrected chi connectivity index (χ4v) is 5.52. The predicted molar refractivity (Wildman–Crippen MR) is 111 cm³/mol. The van der Waals surface area contributed by atoms with Crippen LogP contribution in [0.2, 0.25) is 0 Å². The smallest absolute Gasteiger partial charge is 0.224 e. The molecule has 2 aliphatic rings. The Balaban J connectivity index is 1.66. The van der Waals surface area contributed by atoms with Gasteiger partial charge in [0, 0.05) is 12.1 Å². The first-order valence-corrected chi connectivity index (χ1v) is 11.8. The molecule has 2 aromatic rings. The van der Waals surface area contributed by atoms with Crippen LogP contribution in [0.25, 0.3) is 0 Å². The van der Waals surface area contributed by atoms with Crippen molar-refractivity contribution < 1.29 is 13.2 Å². The molecule has 0 radical (unpaired) electrons. The van der Waals surface area contributed by atoms with Gasteiger partial charge in [0.05, 0.1) is 17.7 Å². The molecule has 2 N–H and O–H groups in total. The molecule has 0 bridgehead atoms. The summed E-state index contributed by atoms with van der Waals surface area (Å²) in [5.74, 6) is 1.60. The van der Waals surface area contributed by atoms with Gasteiger partial charge in [0.2, 0.25) is 15.8 Å². The van der Waals surface area contributed by atoms with Crippen molar-refractivity contribution in [2.45, 2.75) is 48.4 Å². The predicted octanol–water partition coefficient (Wildman–Crippen LogP) is 2.61. The number of ether oxygens (including phenoxy) is 1. The molecule has 1 aliphatic heterocycles. The van der Waals surface area contributed by atoms with Crippen molar-refractivity contribution >= 4 is 15.8 Å². The maximum atomic E-state index is 13.4. The zero-order chi connectivity index (χ0) is 20.3. The first-order valence-electron chi connectivity index (χ1n) is 10.3. The summed E-state index contributed by atoms with van der Waals surface area (Å²) in [6.07, 6.45) is 5.70. The summed E-state index contributed by atoms with van der Waals surface area (Å²) in [4.78, 5) is 9.41. The average molecular weight is 417 g/mol. The lowest BCUT2D eigenvalue weighted by atomic mass is 9.97. The third kappa shape index (κ3) is 4.38. The van der Waals surface area contributed by atoms with E-state index in [1.807, 2.05) is 0 Å². The van der Waals surface area contributed by atoms with Gasteiger partial charge >= 0.3 is 0 Å². The number of hydrogen-bond donors (Lipinski definition) is 2. The van der Waals surface area contributed by atoms with Crippen molar-refractivity contribution in [3.05, 3.63) is 35.5 Å². The van der Waals surface area contributed by atoms with Gasteiger partial charge < -0.3 is 15.4 Å². The molecule has 1 aromatic heterocycles. The van der Waals surface area contributed by atoms with E-state index in [2.05, 4.69) is 20.6 Å². The summed E-state index contributed by atoms with van der Waals surface area (Å²) in [6.45, 7) is 2.81. The molecule has 0 atom stereocenters. The Labute approximate surface area is 172 Å². The van der Waals surface area contributed by atoms with E-state index in [9.17, 15) is 8.42 Å². The topological polar surface area (TPSA) is 93.2 Å². The molecule has 0 unspecified atom stereocenters. The highest BCUT2D eigenvalue weighted by molar-refractivity contribution is 7.91. The van der Waals surface area contributed by atoms with E-state index in [4.69, 9.17) is 4.74 Å². The van der Waals surface area contributed by atoms with Crippen molar-refractivity contribution in [1.29, 1.82) is 0 Å². The van der Waals surface area contributed by atoms with Crippen molar-refractivity contribution in [2.24, 2.45) is 5.92 Å². The van der Waals surface area contributed by atoms with E-state index in [1.54, 1.807) is 31.4 Å². The highest BCUT2D eigenvalue weighted by Crippen LogP contribution is 2.31. The second-order valence-electron chi connectivity index (χ2n) is 7.74. The minimum absolute atomic E-state index is 0.153. The number of anilines is 1. The largest absolute Gasteiger partial charge is 0.497 e. The molecule has 1 fully saturated rings. The summed E-state index contributed by atoms with van der Waals surface area (Å²) < 4.78 is 31.9. The molecule has 4 rings (SSSR count). The maximum absolute atomic E-state index is 13.4. The molecular formula is C21H28N4O3S. The Hall–Kier alpha value is -2.19. The van der Waals surface area contributed by atoms with E-state index in [1.165, 1.54) is 0 Å². The van der Waals surface area contributed by atoms with Gasteiger partial charge in [-0.15, -0.1) is 0 Å². The summed E-state index contributed by atoms with van der Waals surface area (Å²) >= 11 is 0. The van der Waals surface area contributed by atoms with Crippen molar-refractivity contribution in [1.82, 2.24) is 15.3 Å². The Kier molecular flexibility index (Phi) is 6.01. The Morgan fingerprint density at radius 1 is 1.10 bits per heavy atom. The van der Waals surface area contributed by atoms with Crippen LogP contribution in [0, 0.1) is 5.92 Å². The standard InChI is InChI=1S/C21H28N4O3S/c1-28-16-6-8-17(9-7-16)29(26,27)20-18-4-2-3-5-19(18)24-21(25-20)23-14-15-10-12-22-13-11-15/h6-9,15,22H,2-5,10-14H2,1H3,(H,23,24,25). The van der Waals surface area contributed by atoms with Gasteiger partial charge in [-0.05, 0) is 81.8 Å². The molecule has 7 nitrogen and oxygen atoms in total. The van der Waals surface area contributed by atoms with Crippen LogP contribution in [0.1, 0.15) is 36.9 Å². The Morgan fingerprint density at radius 2 is 1.83 bits per heavy atom. The number of aromatic nitrogens is 2. The van der Waals surface area contributed by atoms with E-state index in [0.29, 0.717) is 24.0 Å². The van der Waals surface area contributed by atoms with Crippen molar-refractivity contribution in [3.63, 3.8) is 0 Å². The molecule has 29 heavy (non-hydrogen) atoms. The first-order chi connectivity index (χ1) is 14.1. The summed E-state index contributed by atoms with van der Waals surface area (Å²) in [5.41, 5.74) is 1.64. The molecule has 156 valence electrons. The molecular weight excluding hydrogens is 388 g/mol. The van der Waals surface area contributed by atoms with Crippen LogP contribution in [-0.4, -0.2) is 45.1 Å². The van der Waals surface area contributed by atoms with Crippen LogP contribution in [0.3, 0.4) is 0 Å². The number of nitrogens with one attached hydrogen (secondary N) is 2. The van der Waals surface area contributed by atoms with Crippen LogP contribution < -0.4 is 15.4 Å². The SMILES string of the molecule is COc1ccc(S(=O)(=O)c2nc(NCC3CCNCC3)nc3c2CCCC3)cc1. The van der Waals surface area contributed by atoms with E-state index in [-0.39, 0.29) is 9.92 Å². The number of methoxy groups -OCH3 is 1. The normalized spacial score (nSPS) is 17.6. The van der Waals surface area contributed by atoms with Crippen LogP contribution >= 0.6 is 0 Å². The highest BCUT2D eigenvalue weighted by Gasteiger charge is 2.28. The summed E-state index contributed by atoms with van der Waals surface area (Å²) in [6, 6.07) is 6.48. The van der Waals surface area contributed by atoms with Gasteiger partial charge in [0.15, 0.2) is 5.03 Å². The van der Waals surface area contributed by atoms with Crippen LogP contribution in [-0.2, 0) is 22.7 Å². The second kappa shape index (κ2) is 8.67. The van der Waals surface area contributed by atoms with Gasteiger partial charge in [0.1, 0.15) is 5.75 Å². The third-order valence-electron chi connectivity index (χ3n) is 5.78. The molecule has 1 aliphatic carbocycles. The highest BCUT2D eigenvalue weighted by atomic mass is 32.2. The van der Waals surface area contributed by atoms with Crippen molar-refractivity contribution in [2.75, 3.05) is 32.1 Å². The Bertz CT molecular complexity index is 955. The van der Waals surface area contributed by atoms with E-state index in [0.717, 1.165) is 63.0 Å². The number of hydrogen-bond acceptors (Lipinski definition) is 7. The lowest BCUT2D eigenvalue weighted by Crippen LogP contribution is -2.31. The number of nitrogens with zero attached hydrogens (tertiary/aromatic N) is 2. The number of sulfone groups is 1. The number of rotatable bonds is 6. The molecule has 1 saturated heterocycles. The van der Waals surface area contributed by atoms with E-state index >= 15 is 0 Å². The number of aryl methyl sites for hydroxylation is 1. The zero-order valence-corrected chi connectivity index (χ0v) is 17.6. The van der Waals surface area contributed by atoms with Gasteiger partial charge in [-0.2, -0.15) is 0 Å². The maximum Gasteiger partial charge on any atom is 0.224 e. The second-order valence-corrected chi connectivity index (χ2v) is 9.60. The quantitative estimate of drug-likeness (QED) is 0.699. The van der Waals surface area contributed by atoms with Gasteiger partial charge in [-0.1, -0.05) is 0 Å². The minimum Gasteiger partial charge on any atom is -0.497 e. The molecule has 0 amide bonds. The zero-order valence-electron chi connectivity index (χ0n) is 16.8. The lowest BCUT2D eigenvalue weighted by Gasteiger charge is -2.24. The molecule has 0 spiro atoms. The van der Waals surface area contributed by atoms with Gasteiger partial charge in [-0.25, -0.2) is 18.4 Å². The fourth-order valence-electron chi connectivity index (χ4n) is 4.05. The van der Waals surface area contributed by atoms with Crippen molar-refractivity contribution in [3.8, 4) is 5.75 Å². The first kappa shape index (κ1) is 20.1. The minimum atomic E-state index is -3.73. The van der Waals surface area contributed by atoms with Crippen LogP contribution in [0.15, 0.2) is 34.2 Å². The summed E-state index contributed by atoms with van der Waals surface area (Å²) in [5, 5.41) is 6.83. The van der Waals surface area contributed by atoms with Gasteiger partial charge in [0.25, 0.3) is 0 Å². The third-order valence-corrected chi connectivity index (χ3v) is 7.52. The fraction of sp³-hybridized carbons (Fsp3) is 0.524. The number of fused-ring (bicyclic) bond motifs is 1. The average Bonchev–Trinajstić information content (AvgIpc) is 2.77.